The van der Waals surface area contributed by atoms with Crippen molar-refractivity contribution in [3.63, 3.8) is 0 Å². The van der Waals surface area contributed by atoms with E-state index in [0.29, 0.717) is 5.25 Å². The Bertz CT molecular complexity index is 722. The number of hydrogen-bond donors (Lipinski definition) is 0. The normalized spacial score (nSPS) is 27.1. The van der Waals surface area contributed by atoms with Crippen LogP contribution in [0.1, 0.15) is 36.1 Å². The van der Waals surface area contributed by atoms with E-state index < -0.39 is 0 Å². The molecular weight excluding hydrogens is 292 g/mol. The molecule has 0 aromatic carbocycles. The van der Waals surface area contributed by atoms with Crippen LogP contribution in [0.4, 0.5) is 0 Å². The molecule has 2 aromatic rings. The van der Waals surface area contributed by atoms with Gasteiger partial charge in [0.25, 0.3) is 0 Å². The number of aryl methyl sites for hydroxylation is 1. The van der Waals surface area contributed by atoms with Crippen LogP contribution in [0, 0.1) is 6.92 Å². The molecule has 0 bridgehead atoms. The third kappa shape index (κ3) is 2.07. The Labute approximate surface area is 135 Å². The summed E-state index contributed by atoms with van der Waals surface area (Å²) in [6.07, 6.45) is 1.86. The van der Waals surface area contributed by atoms with Crippen LogP contribution < -0.4 is 0 Å². The number of thioether (sulfide) groups is 1. The topological polar surface area (TPSA) is 33.4 Å². The van der Waals surface area contributed by atoms with Gasteiger partial charge in [-0.3, -0.25) is 9.98 Å². The van der Waals surface area contributed by atoms with Crippen LogP contribution in [-0.4, -0.2) is 31.4 Å². The van der Waals surface area contributed by atoms with Crippen molar-refractivity contribution in [3.05, 3.63) is 53.6 Å². The van der Waals surface area contributed by atoms with E-state index in [2.05, 4.69) is 59.6 Å². The van der Waals surface area contributed by atoms with Crippen LogP contribution in [0.5, 0.6) is 0 Å². The zero-order valence-corrected chi connectivity index (χ0v) is 13.9. The maximum absolute atomic E-state index is 5.01. The molecule has 2 aliphatic rings. The summed E-state index contributed by atoms with van der Waals surface area (Å²) in [7, 11) is 2.14. The second-order valence-corrected chi connectivity index (χ2v) is 7.50. The number of fused-ring (bicyclic) bond motifs is 1. The Morgan fingerprint density at radius 3 is 2.77 bits per heavy atom. The average molecular weight is 312 g/mol. The minimum Gasteiger partial charge on any atom is -0.350 e. The number of rotatable bonds is 2. The van der Waals surface area contributed by atoms with Crippen molar-refractivity contribution in [3.8, 4) is 0 Å². The number of amidine groups is 1. The molecule has 0 aliphatic carbocycles. The van der Waals surface area contributed by atoms with Crippen LogP contribution in [0.3, 0.4) is 0 Å². The molecule has 4 heterocycles. The lowest BCUT2D eigenvalue weighted by Gasteiger charge is -2.27. The maximum Gasteiger partial charge on any atom is 0.160 e. The van der Waals surface area contributed by atoms with E-state index in [1.54, 1.807) is 0 Å². The van der Waals surface area contributed by atoms with Crippen LogP contribution >= 0.6 is 11.8 Å². The first-order valence-corrected chi connectivity index (χ1v) is 8.57. The minimum absolute atomic E-state index is 0.0872. The first kappa shape index (κ1) is 13.9. The van der Waals surface area contributed by atoms with Gasteiger partial charge in [0.15, 0.2) is 5.17 Å². The van der Waals surface area contributed by atoms with E-state index >= 15 is 0 Å². The summed E-state index contributed by atoms with van der Waals surface area (Å²) in [6, 6.07) is 10.9. The van der Waals surface area contributed by atoms with Crippen molar-refractivity contribution >= 4 is 16.9 Å². The molecule has 4 rings (SSSR count). The van der Waals surface area contributed by atoms with E-state index in [1.807, 2.05) is 24.0 Å². The maximum atomic E-state index is 5.01. The molecule has 3 atom stereocenters. The molecule has 0 saturated carbocycles. The smallest absolute Gasteiger partial charge is 0.160 e. The number of aromatic nitrogens is 2. The largest absolute Gasteiger partial charge is 0.350 e. The van der Waals surface area contributed by atoms with Crippen molar-refractivity contribution in [2.45, 2.75) is 31.2 Å². The number of aliphatic imine (C=N–C) groups is 1. The van der Waals surface area contributed by atoms with Gasteiger partial charge in [0.05, 0.1) is 11.7 Å². The fourth-order valence-corrected chi connectivity index (χ4v) is 4.46. The zero-order valence-electron chi connectivity index (χ0n) is 13.1. The first-order valence-electron chi connectivity index (χ1n) is 7.69. The van der Waals surface area contributed by atoms with Crippen molar-refractivity contribution in [2.75, 3.05) is 6.54 Å². The summed E-state index contributed by atoms with van der Waals surface area (Å²) >= 11 is 1.88. The van der Waals surface area contributed by atoms with Gasteiger partial charge < -0.3 is 9.47 Å². The number of nitrogens with zero attached hydrogens (tertiary/aromatic N) is 4. The van der Waals surface area contributed by atoms with Gasteiger partial charge in [0.2, 0.25) is 0 Å². The SMILES string of the molecule is Cc1ccc([C@@H]2[C@@H](c3ccccn3)N=C3S[C@@H](C)CN32)n1C. The summed E-state index contributed by atoms with van der Waals surface area (Å²) in [6.45, 7) is 5.48. The Hall–Kier alpha value is -1.75. The number of hydrogen-bond acceptors (Lipinski definition) is 4. The molecule has 0 unspecified atom stereocenters. The molecule has 0 radical (unpaired) electrons. The van der Waals surface area contributed by atoms with E-state index in [0.717, 1.165) is 12.2 Å². The van der Waals surface area contributed by atoms with E-state index in [-0.39, 0.29) is 12.1 Å². The van der Waals surface area contributed by atoms with Crippen LogP contribution in [0.2, 0.25) is 0 Å². The van der Waals surface area contributed by atoms with Crippen molar-refractivity contribution in [1.29, 1.82) is 0 Å². The predicted molar refractivity (Wildman–Crippen MR) is 91.1 cm³/mol. The highest BCUT2D eigenvalue weighted by Crippen LogP contribution is 2.47. The second kappa shape index (κ2) is 5.16. The van der Waals surface area contributed by atoms with Gasteiger partial charge in [0.1, 0.15) is 6.04 Å². The molecule has 114 valence electrons. The molecule has 0 N–H and O–H groups in total. The fourth-order valence-electron chi connectivity index (χ4n) is 3.37. The summed E-state index contributed by atoms with van der Waals surface area (Å²) in [5.41, 5.74) is 3.66. The van der Waals surface area contributed by atoms with E-state index in [4.69, 9.17) is 4.99 Å². The molecule has 2 aromatic heterocycles. The average Bonchev–Trinajstić information content (AvgIpc) is 3.14. The van der Waals surface area contributed by atoms with Crippen molar-refractivity contribution < 1.29 is 0 Å². The van der Waals surface area contributed by atoms with Gasteiger partial charge in [-0.1, -0.05) is 24.8 Å². The number of pyridine rings is 1. The lowest BCUT2D eigenvalue weighted by molar-refractivity contribution is 0.309. The van der Waals surface area contributed by atoms with Gasteiger partial charge in [0, 0.05) is 36.4 Å². The molecule has 0 amide bonds. The Morgan fingerprint density at radius 2 is 2.09 bits per heavy atom. The third-order valence-electron chi connectivity index (χ3n) is 4.60. The van der Waals surface area contributed by atoms with Crippen molar-refractivity contribution in [2.24, 2.45) is 12.0 Å². The van der Waals surface area contributed by atoms with Crippen molar-refractivity contribution in [1.82, 2.24) is 14.5 Å². The summed E-state index contributed by atoms with van der Waals surface area (Å²) in [4.78, 5) is 12.0. The Kier molecular flexibility index (Phi) is 3.26. The fraction of sp³-hybridized carbons (Fsp3) is 0.412. The molecule has 22 heavy (non-hydrogen) atoms. The molecular formula is C17H20N4S. The van der Waals surface area contributed by atoms with Crippen LogP contribution in [-0.2, 0) is 7.05 Å². The van der Waals surface area contributed by atoms with Crippen LogP contribution in [0.25, 0.3) is 0 Å². The summed E-state index contributed by atoms with van der Waals surface area (Å²) in [5.74, 6) is 0. The molecule has 0 spiro atoms. The zero-order chi connectivity index (χ0) is 15.3. The van der Waals surface area contributed by atoms with Gasteiger partial charge >= 0.3 is 0 Å². The molecule has 1 fully saturated rings. The highest BCUT2D eigenvalue weighted by molar-refractivity contribution is 8.14. The van der Waals surface area contributed by atoms with Gasteiger partial charge in [-0.2, -0.15) is 0 Å². The van der Waals surface area contributed by atoms with Gasteiger partial charge in [-0.05, 0) is 31.2 Å². The molecule has 2 aliphatic heterocycles. The Morgan fingerprint density at radius 1 is 1.23 bits per heavy atom. The minimum atomic E-state index is 0.0872. The highest BCUT2D eigenvalue weighted by Gasteiger charge is 2.44. The lowest BCUT2D eigenvalue weighted by atomic mass is 10.0. The Balaban J connectivity index is 1.80. The first-order chi connectivity index (χ1) is 10.6. The standard InChI is InChI=1S/C17H20N4S/c1-11-7-8-14(20(11)3)16-15(13-6-4-5-9-18-13)19-17-21(16)10-12(2)22-17/h4-9,12,15-16H,10H2,1-3H3/t12-,15+,16+/m0/s1. The summed E-state index contributed by atoms with van der Waals surface area (Å²) in [5, 5.41) is 1.78. The predicted octanol–water partition coefficient (Wildman–Crippen LogP) is 3.32. The molecule has 5 heteroatoms. The molecule has 1 saturated heterocycles. The molecule has 4 nitrogen and oxygen atoms in total. The third-order valence-corrected chi connectivity index (χ3v) is 5.70. The lowest BCUT2D eigenvalue weighted by Crippen LogP contribution is -2.30. The van der Waals surface area contributed by atoms with Crippen LogP contribution in [0.15, 0.2) is 41.5 Å². The monoisotopic (exact) mass is 312 g/mol. The van der Waals surface area contributed by atoms with Gasteiger partial charge in [-0.25, -0.2) is 0 Å². The summed E-state index contributed by atoms with van der Waals surface area (Å²) < 4.78 is 2.28. The van der Waals surface area contributed by atoms with E-state index in [1.165, 1.54) is 16.6 Å². The highest BCUT2D eigenvalue weighted by atomic mass is 32.2. The quantitative estimate of drug-likeness (QED) is 0.853. The van der Waals surface area contributed by atoms with E-state index in [9.17, 15) is 0 Å². The van der Waals surface area contributed by atoms with Gasteiger partial charge in [-0.15, -0.1) is 0 Å². The second-order valence-electron chi connectivity index (χ2n) is 6.10.